The van der Waals surface area contributed by atoms with E-state index < -0.39 is 0 Å². The zero-order chi connectivity index (χ0) is 8.39. The molecule has 12 heavy (non-hydrogen) atoms. The van der Waals surface area contributed by atoms with Crippen LogP contribution in [0.2, 0.25) is 0 Å². The van der Waals surface area contributed by atoms with Gasteiger partial charge in [-0.15, -0.1) is 0 Å². The van der Waals surface area contributed by atoms with E-state index in [9.17, 15) is 0 Å². The molecule has 0 amide bonds. The van der Waals surface area contributed by atoms with Crippen molar-refractivity contribution in [3.8, 4) is 0 Å². The van der Waals surface area contributed by atoms with Crippen LogP contribution in [0, 0.1) is 0 Å². The molecule has 1 aromatic rings. The topological polar surface area (TPSA) is 28.7 Å². The van der Waals surface area contributed by atoms with E-state index in [-0.39, 0.29) is 0 Å². The van der Waals surface area contributed by atoms with Crippen LogP contribution in [0.3, 0.4) is 0 Å². The maximum absolute atomic E-state index is 4.03. The van der Waals surface area contributed by atoms with Crippen LogP contribution in [0.25, 0.3) is 11.6 Å². The Morgan fingerprint density at radius 3 is 3.33 bits per heavy atom. The first-order chi connectivity index (χ1) is 5.92. The van der Waals surface area contributed by atoms with Crippen LogP contribution in [0.4, 0.5) is 0 Å². The number of hydrogen-bond donors (Lipinski definition) is 1. The third-order valence-corrected chi connectivity index (χ3v) is 2.18. The number of H-pyrrole nitrogens is 1. The van der Waals surface area contributed by atoms with Gasteiger partial charge in [-0.2, -0.15) is 5.10 Å². The largest absolute Gasteiger partial charge is 0.278 e. The number of aromatic amines is 1. The molecule has 0 aliphatic heterocycles. The van der Waals surface area contributed by atoms with Gasteiger partial charge in [0.1, 0.15) is 0 Å². The van der Waals surface area contributed by atoms with Crippen molar-refractivity contribution in [2.75, 3.05) is 0 Å². The Hall–Kier alpha value is -1.31. The summed E-state index contributed by atoms with van der Waals surface area (Å²) >= 11 is 0. The number of rotatable bonds is 1. The Bertz CT molecular complexity index is 331. The highest BCUT2D eigenvalue weighted by atomic mass is 15.1. The van der Waals surface area contributed by atoms with E-state index in [1.807, 2.05) is 6.20 Å². The van der Waals surface area contributed by atoms with Gasteiger partial charge < -0.3 is 0 Å². The van der Waals surface area contributed by atoms with Crippen molar-refractivity contribution >= 4 is 11.6 Å². The van der Waals surface area contributed by atoms with Gasteiger partial charge in [-0.05, 0) is 24.5 Å². The first-order valence-corrected chi connectivity index (χ1v) is 4.31. The lowest BCUT2D eigenvalue weighted by Gasteiger charge is -1.99. The summed E-state index contributed by atoms with van der Waals surface area (Å²) in [4.78, 5) is 0. The Labute approximate surface area is 72.0 Å². The summed E-state index contributed by atoms with van der Waals surface area (Å²) in [7, 11) is 0. The van der Waals surface area contributed by atoms with Crippen LogP contribution in [0.5, 0.6) is 0 Å². The molecule has 0 spiro atoms. The maximum atomic E-state index is 4.03. The fourth-order valence-corrected chi connectivity index (χ4v) is 1.52. The van der Waals surface area contributed by atoms with Crippen LogP contribution in [0.1, 0.15) is 31.0 Å². The van der Waals surface area contributed by atoms with Gasteiger partial charge in [-0.3, -0.25) is 5.10 Å². The summed E-state index contributed by atoms with van der Waals surface area (Å²) in [6.07, 6.45) is 10.5. The first-order valence-electron chi connectivity index (χ1n) is 4.31. The Morgan fingerprint density at radius 2 is 2.50 bits per heavy atom. The summed E-state index contributed by atoms with van der Waals surface area (Å²) in [5.74, 6) is 0. The smallest absolute Gasteiger partial charge is 0.0649 e. The van der Waals surface area contributed by atoms with E-state index in [4.69, 9.17) is 0 Å². The molecule has 2 nitrogen and oxygen atoms in total. The third kappa shape index (κ3) is 1.09. The highest BCUT2D eigenvalue weighted by Gasteiger charge is 2.07. The second kappa shape index (κ2) is 2.97. The molecule has 1 aliphatic rings. The Balaban J connectivity index is 2.51. The van der Waals surface area contributed by atoms with E-state index in [0.29, 0.717) is 0 Å². The van der Waals surface area contributed by atoms with Gasteiger partial charge in [-0.25, -0.2) is 0 Å². The van der Waals surface area contributed by atoms with Gasteiger partial charge in [-0.1, -0.05) is 19.1 Å². The number of fused-ring (bicyclic) bond motifs is 1. The van der Waals surface area contributed by atoms with Crippen molar-refractivity contribution in [2.45, 2.75) is 19.8 Å². The summed E-state index contributed by atoms with van der Waals surface area (Å²) < 4.78 is 0. The molecule has 2 heteroatoms. The van der Waals surface area contributed by atoms with Crippen molar-refractivity contribution in [3.05, 3.63) is 29.6 Å². The van der Waals surface area contributed by atoms with Gasteiger partial charge in [0.05, 0.1) is 11.9 Å². The molecule has 0 bridgehead atoms. The standard InChI is InChI=1S/C10H12N2/c1-2-8-5-3-4-6-10-9(8)7-11-12-10/h4-7H,2-3H2,1H3,(H,11,12). The number of hydrogen-bond acceptors (Lipinski definition) is 1. The van der Waals surface area contributed by atoms with Gasteiger partial charge in [0.25, 0.3) is 0 Å². The molecule has 0 aromatic carbocycles. The van der Waals surface area contributed by atoms with Crippen molar-refractivity contribution in [3.63, 3.8) is 0 Å². The van der Waals surface area contributed by atoms with Gasteiger partial charge in [0.2, 0.25) is 0 Å². The summed E-state index contributed by atoms with van der Waals surface area (Å²) in [6, 6.07) is 0. The Morgan fingerprint density at radius 1 is 1.58 bits per heavy atom. The van der Waals surface area contributed by atoms with E-state index in [1.165, 1.54) is 11.1 Å². The van der Waals surface area contributed by atoms with Gasteiger partial charge in [0, 0.05) is 5.56 Å². The van der Waals surface area contributed by atoms with Crippen LogP contribution >= 0.6 is 0 Å². The fourth-order valence-electron chi connectivity index (χ4n) is 1.52. The minimum atomic E-state index is 1.03. The van der Waals surface area contributed by atoms with Crippen LogP contribution in [-0.4, -0.2) is 10.2 Å². The molecule has 0 unspecified atom stereocenters. The highest BCUT2D eigenvalue weighted by Crippen LogP contribution is 2.24. The number of nitrogens with zero attached hydrogens (tertiary/aromatic N) is 1. The molecule has 62 valence electrons. The van der Waals surface area contributed by atoms with E-state index in [2.05, 4.69) is 35.3 Å². The van der Waals surface area contributed by atoms with Crippen molar-refractivity contribution in [2.24, 2.45) is 0 Å². The van der Waals surface area contributed by atoms with E-state index in [0.717, 1.165) is 18.5 Å². The normalized spacial score (nSPS) is 15.2. The molecule has 2 rings (SSSR count). The summed E-state index contributed by atoms with van der Waals surface area (Å²) in [5, 5.41) is 7.01. The van der Waals surface area contributed by atoms with E-state index in [1.54, 1.807) is 0 Å². The van der Waals surface area contributed by atoms with Crippen LogP contribution in [0.15, 0.2) is 18.3 Å². The number of nitrogens with one attached hydrogen (secondary N) is 1. The lowest BCUT2D eigenvalue weighted by molar-refractivity contribution is 1.08. The molecular formula is C10H12N2. The monoisotopic (exact) mass is 160 g/mol. The molecule has 0 radical (unpaired) electrons. The maximum Gasteiger partial charge on any atom is 0.0649 e. The molecule has 1 heterocycles. The predicted molar refractivity (Wildman–Crippen MR) is 50.5 cm³/mol. The zero-order valence-electron chi connectivity index (χ0n) is 7.17. The summed E-state index contributed by atoms with van der Waals surface area (Å²) in [5.41, 5.74) is 3.79. The minimum Gasteiger partial charge on any atom is -0.278 e. The molecule has 0 atom stereocenters. The molecule has 0 saturated carbocycles. The van der Waals surface area contributed by atoms with Crippen molar-refractivity contribution < 1.29 is 0 Å². The number of aromatic nitrogens is 2. The average molecular weight is 160 g/mol. The van der Waals surface area contributed by atoms with Crippen molar-refractivity contribution in [1.82, 2.24) is 10.2 Å². The lowest BCUT2D eigenvalue weighted by Crippen LogP contribution is -1.81. The molecule has 1 N–H and O–H groups in total. The zero-order valence-corrected chi connectivity index (χ0v) is 7.17. The molecule has 1 aliphatic carbocycles. The quantitative estimate of drug-likeness (QED) is 0.672. The summed E-state index contributed by atoms with van der Waals surface area (Å²) in [6.45, 7) is 2.17. The highest BCUT2D eigenvalue weighted by molar-refractivity contribution is 5.73. The first kappa shape index (κ1) is 7.35. The van der Waals surface area contributed by atoms with E-state index >= 15 is 0 Å². The Kier molecular flexibility index (Phi) is 1.82. The lowest BCUT2D eigenvalue weighted by atomic mass is 10.1. The SMILES string of the molecule is CCC1=CCC=Cc2[nH]ncc21. The second-order valence-electron chi connectivity index (χ2n) is 2.92. The predicted octanol–water partition coefficient (Wildman–Crippen LogP) is 2.62. The third-order valence-electron chi connectivity index (χ3n) is 2.18. The van der Waals surface area contributed by atoms with Crippen LogP contribution in [-0.2, 0) is 0 Å². The minimum absolute atomic E-state index is 1.03. The van der Waals surface area contributed by atoms with Gasteiger partial charge in [0.15, 0.2) is 0 Å². The number of allylic oxidation sites excluding steroid dienone is 3. The molecular weight excluding hydrogens is 148 g/mol. The molecule has 1 aromatic heterocycles. The second-order valence-corrected chi connectivity index (χ2v) is 2.92. The molecule has 0 saturated heterocycles. The molecule has 0 fully saturated rings. The average Bonchev–Trinajstić information content (AvgIpc) is 2.46. The van der Waals surface area contributed by atoms with Crippen molar-refractivity contribution in [1.29, 1.82) is 0 Å². The fraction of sp³-hybridized carbons (Fsp3) is 0.300. The van der Waals surface area contributed by atoms with Crippen LogP contribution < -0.4 is 0 Å². The van der Waals surface area contributed by atoms with Gasteiger partial charge >= 0.3 is 0 Å².